The topological polar surface area (TPSA) is 102 Å². The van der Waals surface area contributed by atoms with Crippen molar-refractivity contribution in [3.05, 3.63) is 64.2 Å². The van der Waals surface area contributed by atoms with Crippen molar-refractivity contribution in [2.24, 2.45) is 0 Å². The van der Waals surface area contributed by atoms with Gasteiger partial charge < -0.3 is 0 Å². The average molecular weight is 325 g/mol. The van der Waals surface area contributed by atoms with E-state index in [2.05, 4.69) is 9.71 Å². The van der Waals surface area contributed by atoms with Gasteiger partial charge in [0.1, 0.15) is 10.7 Å². The summed E-state index contributed by atoms with van der Waals surface area (Å²) in [6.45, 7) is 0.00147. The van der Waals surface area contributed by atoms with E-state index in [1.54, 1.807) is 24.4 Å². The lowest BCUT2D eigenvalue weighted by Crippen LogP contribution is -2.27. The molecule has 0 fully saturated rings. The highest BCUT2D eigenvalue weighted by molar-refractivity contribution is 7.89. The number of pyridine rings is 1. The first-order valence-corrected chi connectivity index (χ1v) is 7.72. The molecule has 1 aromatic carbocycles. The van der Waals surface area contributed by atoms with Crippen molar-refractivity contribution in [3.8, 4) is 0 Å². The standard InChI is InChI=1S/C13H12FN3O4S/c14-12-5-4-11(17(18)19)9-13(12)22(20,21)16-8-6-10-3-1-2-7-15-10/h1-5,7,9,16H,6,8H2. The van der Waals surface area contributed by atoms with Gasteiger partial charge in [0.2, 0.25) is 10.0 Å². The van der Waals surface area contributed by atoms with Crippen molar-refractivity contribution in [2.45, 2.75) is 11.3 Å². The maximum absolute atomic E-state index is 13.6. The molecule has 1 heterocycles. The molecular weight excluding hydrogens is 313 g/mol. The molecule has 0 aliphatic heterocycles. The van der Waals surface area contributed by atoms with Crippen molar-refractivity contribution >= 4 is 15.7 Å². The Labute approximate surface area is 126 Å². The molecule has 7 nitrogen and oxygen atoms in total. The van der Waals surface area contributed by atoms with E-state index < -0.39 is 31.3 Å². The van der Waals surface area contributed by atoms with Crippen LogP contribution in [0.4, 0.5) is 10.1 Å². The second-order valence-electron chi connectivity index (χ2n) is 4.34. The molecule has 0 saturated carbocycles. The molecule has 22 heavy (non-hydrogen) atoms. The smallest absolute Gasteiger partial charge is 0.261 e. The molecule has 2 aromatic rings. The molecule has 0 bridgehead atoms. The summed E-state index contributed by atoms with van der Waals surface area (Å²) in [5.74, 6) is -1.05. The van der Waals surface area contributed by atoms with Crippen LogP contribution in [0.5, 0.6) is 0 Å². The lowest BCUT2D eigenvalue weighted by molar-refractivity contribution is -0.385. The van der Waals surface area contributed by atoms with Gasteiger partial charge in [-0.15, -0.1) is 0 Å². The summed E-state index contributed by atoms with van der Waals surface area (Å²) in [7, 11) is -4.17. The molecule has 0 aliphatic rings. The summed E-state index contributed by atoms with van der Waals surface area (Å²) < 4.78 is 39.9. The SMILES string of the molecule is O=[N+]([O-])c1ccc(F)c(S(=O)(=O)NCCc2ccccn2)c1. The Morgan fingerprint density at radius 2 is 2.05 bits per heavy atom. The highest BCUT2D eigenvalue weighted by atomic mass is 32.2. The van der Waals surface area contributed by atoms with Crippen molar-refractivity contribution < 1.29 is 17.7 Å². The number of aromatic nitrogens is 1. The van der Waals surface area contributed by atoms with Crippen molar-refractivity contribution in [2.75, 3.05) is 6.54 Å². The molecule has 0 amide bonds. The van der Waals surface area contributed by atoms with Crippen LogP contribution in [-0.2, 0) is 16.4 Å². The zero-order chi connectivity index (χ0) is 16.2. The fourth-order valence-corrected chi connectivity index (χ4v) is 2.88. The molecule has 0 spiro atoms. The number of nitrogens with zero attached hydrogens (tertiary/aromatic N) is 2. The number of non-ortho nitro benzene ring substituents is 1. The molecule has 9 heteroatoms. The lowest BCUT2D eigenvalue weighted by Gasteiger charge is -2.07. The normalized spacial score (nSPS) is 11.3. The molecule has 0 aliphatic carbocycles. The first kappa shape index (κ1) is 16.0. The first-order chi connectivity index (χ1) is 10.4. The average Bonchev–Trinajstić information content (AvgIpc) is 2.48. The summed E-state index contributed by atoms with van der Waals surface area (Å²) in [5, 5.41) is 10.7. The molecule has 0 radical (unpaired) electrons. The fourth-order valence-electron chi connectivity index (χ4n) is 1.75. The summed E-state index contributed by atoms with van der Waals surface area (Å²) in [4.78, 5) is 13.1. The van der Waals surface area contributed by atoms with Crippen LogP contribution >= 0.6 is 0 Å². The van der Waals surface area contributed by atoms with Gasteiger partial charge >= 0.3 is 0 Å². The van der Waals surface area contributed by atoms with Crippen LogP contribution in [0.3, 0.4) is 0 Å². The van der Waals surface area contributed by atoms with E-state index in [0.717, 1.165) is 12.1 Å². The van der Waals surface area contributed by atoms with Gasteiger partial charge in [0.25, 0.3) is 5.69 Å². The van der Waals surface area contributed by atoms with Crippen molar-refractivity contribution in [1.82, 2.24) is 9.71 Å². The minimum atomic E-state index is -4.17. The molecule has 0 unspecified atom stereocenters. The number of nitro groups is 1. The van der Waals surface area contributed by atoms with Crippen LogP contribution in [-0.4, -0.2) is 24.9 Å². The number of hydrogen-bond acceptors (Lipinski definition) is 5. The van der Waals surface area contributed by atoms with Gasteiger partial charge in [0.15, 0.2) is 0 Å². The maximum Gasteiger partial charge on any atom is 0.270 e. The van der Waals surface area contributed by atoms with Gasteiger partial charge in [0.05, 0.1) is 4.92 Å². The Hall–Kier alpha value is -2.39. The van der Waals surface area contributed by atoms with Gasteiger partial charge in [-0.25, -0.2) is 17.5 Å². The Kier molecular flexibility index (Phi) is 4.78. The fraction of sp³-hybridized carbons (Fsp3) is 0.154. The number of sulfonamides is 1. The third-order valence-corrected chi connectivity index (χ3v) is 4.29. The first-order valence-electron chi connectivity index (χ1n) is 6.23. The zero-order valence-electron chi connectivity index (χ0n) is 11.3. The number of nitrogens with one attached hydrogen (secondary N) is 1. The number of nitro benzene ring substituents is 1. The predicted octanol–water partition coefficient (Wildman–Crippen LogP) is 1.65. The minimum Gasteiger partial charge on any atom is -0.261 e. The van der Waals surface area contributed by atoms with E-state index in [0.29, 0.717) is 18.2 Å². The minimum absolute atomic E-state index is 0.00147. The Balaban J connectivity index is 2.13. The number of rotatable bonds is 6. The van der Waals surface area contributed by atoms with E-state index >= 15 is 0 Å². The summed E-state index contributed by atoms with van der Waals surface area (Å²) in [6, 6.07) is 7.57. The van der Waals surface area contributed by atoms with Crippen molar-refractivity contribution in [3.63, 3.8) is 0 Å². The van der Waals surface area contributed by atoms with E-state index in [9.17, 15) is 22.9 Å². The Morgan fingerprint density at radius 1 is 1.27 bits per heavy atom. The highest BCUT2D eigenvalue weighted by Crippen LogP contribution is 2.20. The Bertz CT molecular complexity index is 781. The number of benzene rings is 1. The molecular formula is C13H12FN3O4S. The second-order valence-corrected chi connectivity index (χ2v) is 6.08. The van der Waals surface area contributed by atoms with Gasteiger partial charge in [-0.05, 0) is 18.2 Å². The van der Waals surface area contributed by atoms with Crippen LogP contribution in [0, 0.1) is 15.9 Å². The van der Waals surface area contributed by atoms with Crippen LogP contribution in [0.1, 0.15) is 5.69 Å². The van der Waals surface area contributed by atoms with E-state index in [-0.39, 0.29) is 6.54 Å². The maximum atomic E-state index is 13.6. The van der Waals surface area contributed by atoms with Gasteiger partial charge in [-0.2, -0.15) is 0 Å². The van der Waals surface area contributed by atoms with E-state index in [4.69, 9.17) is 0 Å². The monoisotopic (exact) mass is 325 g/mol. The third kappa shape index (κ3) is 3.83. The zero-order valence-corrected chi connectivity index (χ0v) is 12.1. The number of hydrogen-bond donors (Lipinski definition) is 1. The second kappa shape index (κ2) is 6.58. The quantitative estimate of drug-likeness (QED) is 0.642. The lowest BCUT2D eigenvalue weighted by atomic mass is 10.3. The summed E-state index contributed by atoms with van der Waals surface area (Å²) in [5.41, 5.74) is 0.177. The Morgan fingerprint density at radius 3 is 2.68 bits per heavy atom. The summed E-state index contributed by atoms with van der Waals surface area (Å²) >= 11 is 0. The van der Waals surface area contributed by atoms with Crippen LogP contribution in [0.2, 0.25) is 0 Å². The molecule has 0 saturated heterocycles. The third-order valence-electron chi connectivity index (χ3n) is 2.81. The molecule has 0 atom stereocenters. The van der Waals surface area contributed by atoms with Gasteiger partial charge in [-0.3, -0.25) is 15.1 Å². The van der Waals surface area contributed by atoms with Gasteiger partial charge in [0, 0.05) is 37.0 Å². The van der Waals surface area contributed by atoms with Crippen molar-refractivity contribution in [1.29, 1.82) is 0 Å². The largest absolute Gasteiger partial charge is 0.270 e. The molecule has 2 rings (SSSR count). The number of halogens is 1. The van der Waals surface area contributed by atoms with Crippen LogP contribution in [0.15, 0.2) is 47.5 Å². The van der Waals surface area contributed by atoms with E-state index in [1.807, 2.05) is 0 Å². The van der Waals surface area contributed by atoms with E-state index in [1.165, 1.54) is 0 Å². The summed E-state index contributed by atoms with van der Waals surface area (Å²) in [6.07, 6.45) is 1.89. The molecule has 1 aromatic heterocycles. The van der Waals surface area contributed by atoms with Crippen LogP contribution < -0.4 is 4.72 Å². The van der Waals surface area contributed by atoms with Crippen LogP contribution in [0.25, 0.3) is 0 Å². The highest BCUT2D eigenvalue weighted by Gasteiger charge is 2.22. The molecule has 116 valence electrons. The predicted molar refractivity (Wildman–Crippen MR) is 76.2 cm³/mol. The van der Waals surface area contributed by atoms with Gasteiger partial charge in [-0.1, -0.05) is 6.07 Å². The molecule has 1 N–H and O–H groups in total.